The molecule has 0 saturated carbocycles. The van der Waals surface area contributed by atoms with Crippen LogP contribution in [0, 0.1) is 0 Å². The number of hydrogen-bond donors (Lipinski definition) is 2. The van der Waals surface area contributed by atoms with Gasteiger partial charge in [-0.05, 0) is 55.0 Å². The van der Waals surface area contributed by atoms with Crippen LogP contribution in [-0.2, 0) is 9.53 Å². The third-order valence-electron chi connectivity index (χ3n) is 5.08. The first-order valence-electron chi connectivity index (χ1n) is 11.0. The fraction of sp³-hybridized carbons (Fsp3) is 0.458. The third-order valence-corrected chi connectivity index (χ3v) is 5.08. The van der Waals surface area contributed by atoms with Gasteiger partial charge in [-0.2, -0.15) is 0 Å². The molecule has 3 rings (SSSR count). The second-order valence-electron chi connectivity index (χ2n) is 7.75. The smallest absolute Gasteiger partial charge is 0.279 e. The first-order valence-corrected chi connectivity index (χ1v) is 11.0. The molecule has 1 aliphatic heterocycles. The summed E-state index contributed by atoms with van der Waals surface area (Å²) in [7, 11) is 1.99. The van der Waals surface area contributed by atoms with Crippen LogP contribution >= 0.6 is 0 Å². The summed E-state index contributed by atoms with van der Waals surface area (Å²) in [5, 5.41) is 2.98. The molecule has 1 aliphatic rings. The second-order valence-corrected chi connectivity index (χ2v) is 7.75. The van der Waals surface area contributed by atoms with Crippen molar-refractivity contribution in [2.45, 2.75) is 13.3 Å². The number of hydrogen-bond acceptors (Lipinski definition) is 5. The highest BCUT2D eigenvalue weighted by molar-refractivity contribution is 5.91. The topological polar surface area (TPSA) is 64.5 Å². The number of nitrogens with zero attached hydrogens (tertiary/aromatic N) is 1. The molecule has 1 atom stereocenters. The number of likely N-dealkylation sites (N-methyl/N-ethyl adjacent to an activating group) is 1. The number of rotatable bonds is 11. The van der Waals surface area contributed by atoms with Crippen LogP contribution in [0.1, 0.15) is 13.3 Å². The van der Waals surface area contributed by atoms with E-state index < -0.39 is 0 Å². The Morgan fingerprint density at radius 1 is 1.00 bits per heavy atom. The molecule has 1 unspecified atom stereocenters. The molecule has 168 valence electrons. The van der Waals surface area contributed by atoms with Crippen molar-refractivity contribution < 1.29 is 23.9 Å². The van der Waals surface area contributed by atoms with Gasteiger partial charge in [-0.3, -0.25) is 4.79 Å². The number of ether oxygens (including phenoxy) is 3. The molecule has 1 fully saturated rings. The SMILES string of the molecule is CCCOc1ccc(OCC[NH+](C)CC(=O)Nc2ccc(N3CCOCC3)cc2)cc1. The normalized spacial score (nSPS) is 14.7. The van der Waals surface area contributed by atoms with Crippen molar-refractivity contribution >= 4 is 17.3 Å². The minimum atomic E-state index is -0.00551. The molecule has 0 bridgehead atoms. The molecule has 7 nitrogen and oxygen atoms in total. The van der Waals surface area contributed by atoms with Crippen molar-refractivity contribution in [1.82, 2.24) is 0 Å². The maximum atomic E-state index is 12.4. The van der Waals surface area contributed by atoms with Gasteiger partial charge in [-0.15, -0.1) is 0 Å². The Morgan fingerprint density at radius 3 is 2.23 bits per heavy atom. The van der Waals surface area contributed by atoms with E-state index in [9.17, 15) is 4.79 Å². The van der Waals surface area contributed by atoms with Crippen LogP contribution in [0.15, 0.2) is 48.5 Å². The van der Waals surface area contributed by atoms with Gasteiger partial charge in [0.15, 0.2) is 6.54 Å². The number of amides is 1. The molecule has 1 saturated heterocycles. The monoisotopic (exact) mass is 428 g/mol. The van der Waals surface area contributed by atoms with Gasteiger partial charge >= 0.3 is 0 Å². The number of carbonyl (C=O) groups excluding carboxylic acids is 1. The molecule has 2 aromatic rings. The quantitative estimate of drug-likeness (QED) is 0.572. The number of nitrogens with one attached hydrogen (secondary N) is 2. The van der Waals surface area contributed by atoms with Gasteiger partial charge in [0.25, 0.3) is 5.91 Å². The van der Waals surface area contributed by atoms with Crippen LogP contribution in [0.4, 0.5) is 11.4 Å². The second kappa shape index (κ2) is 12.2. The van der Waals surface area contributed by atoms with Crippen LogP contribution in [0.5, 0.6) is 11.5 Å². The highest BCUT2D eigenvalue weighted by Crippen LogP contribution is 2.19. The molecule has 0 spiro atoms. The minimum Gasteiger partial charge on any atom is -0.494 e. The summed E-state index contributed by atoms with van der Waals surface area (Å²) in [4.78, 5) is 15.7. The molecular formula is C24H34N3O4+. The van der Waals surface area contributed by atoms with Crippen molar-refractivity contribution in [3.8, 4) is 11.5 Å². The number of morpholine rings is 1. The lowest BCUT2D eigenvalue weighted by molar-refractivity contribution is -0.871. The molecule has 1 heterocycles. The fourth-order valence-electron chi connectivity index (χ4n) is 3.34. The molecular weight excluding hydrogens is 394 g/mol. The zero-order valence-electron chi connectivity index (χ0n) is 18.6. The summed E-state index contributed by atoms with van der Waals surface area (Å²) in [5.41, 5.74) is 1.97. The van der Waals surface area contributed by atoms with E-state index in [1.807, 2.05) is 55.6 Å². The number of benzene rings is 2. The lowest BCUT2D eigenvalue weighted by atomic mass is 10.2. The first kappa shape index (κ1) is 22.9. The Bertz CT molecular complexity index is 789. The Kier molecular flexibility index (Phi) is 8.99. The van der Waals surface area contributed by atoms with E-state index in [1.165, 1.54) is 0 Å². The van der Waals surface area contributed by atoms with Crippen LogP contribution < -0.4 is 24.6 Å². The summed E-state index contributed by atoms with van der Waals surface area (Å²) in [6.45, 7) is 7.79. The average molecular weight is 429 g/mol. The molecule has 0 radical (unpaired) electrons. The number of quaternary nitrogens is 1. The van der Waals surface area contributed by atoms with E-state index in [2.05, 4.69) is 17.1 Å². The van der Waals surface area contributed by atoms with Gasteiger partial charge in [-0.25, -0.2) is 0 Å². The molecule has 31 heavy (non-hydrogen) atoms. The summed E-state index contributed by atoms with van der Waals surface area (Å²) >= 11 is 0. The van der Waals surface area contributed by atoms with Crippen LogP contribution in [0.25, 0.3) is 0 Å². The van der Waals surface area contributed by atoms with Crippen molar-refractivity contribution in [1.29, 1.82) is 0 Å². The Balaban J connectivity index is 1.35. The zero-order valence-corrected chi connectivity index (χ0v) is 18.6. The van der Waals surface area contributed by atoms with Crippen molar-refractivity contribution in [3.63, 3.8) is 0 Å². The molecule has 1 amide bonds. The van der Waals surface area contributed by atoms with Gasteiger partial charge in [0, 0.05) is 24.5 Å². The van der Waals surface area contributed by atoms with Gasteiger partial charge < -0.3 is 29.3 Å². The molecule has 7 heteroatoms. The molecule has 2 aromatic carbocycles. The van der Waals surface area contributed by atoms with Crippen molar-refractivity contribution in [2.75, 3.05) is 69.9 Å². The van der Waals surface area contributed by atoms with E-state index in [4.69, 9.17) is 14.2 Å². The highest BCUT2D eigenvalue weighted by Gasteiger charge is 2.13. The number of anilines is 2. The van der Waals surface area contributed by atoms with Crippen LogP contribution in [-0.4, -0.2) is 65.6 Å². The van der Waals surface area contributed by atoms with Gasteiger partial charge in [-0.1, -0.05) is 6.92 Å². The van der Waals surface area contributed by atoms with E-state index in [0.29, 0.717) is 19.8 Å². The van der Waals surface area contributed by atoms with Gasteiger partial charge in [0.1, 0.15) is 24.7 Å². The predicted molar refractivity (Wildman–Crippen MR) is 122 cm³/mol. The minimum absolute atomic E-state index is 0.00551. The maximum Gasteiger partial charge on any atom is 0.279 e. The van der Waals surface area contributed by atoms with E-state index in [1.54, 1.807) is 0 Å². The Morgan fingerprint density at radius 2 is 1.61 bits per heavy atom. The summed E-state index contributed by atoms with van der Waals surface area (Å²) in [6, 6.07) is 15.7. The van der Waals surface area contributed by atoms with E-state index >= 15 is 0 Å². The predicted octanol–water partition coefficient (Wildman–Crippen LogP) is 1.84. The standard InChI is InChI=1S/C24H33N3O4/c1-3-15-30-22-8-10-23(11-9-22)31-18-12-26(2)19-24(28)25-20-4-6-21(7-5-20)27-13-16-29-17-14-27/h4-11H,3,12-19H2,1-2H3,(H,25,28)/p+1. The molecule has 0 aliphatic carbocycles. The lowest BCUT2D eigenvalue weighted by Crippen LogP contribution is -3.10. The largest absolute Gasteiger partial charge is 0.494 e. The highest BCUT2D eigenvalue weighted by atomic mass is 16.5. The third kappa shape index (κ3) is 7.77. The molecule has 2 N–H and O–H groups in total. The van der Waals surface area contributed by atoms with Crippen LogP contribution in [0.3, 0.4) is 0 Å². The lowest BCUT2D eigenvalue weighted by Gasteiger charge is -2.28. The Hall–Kier alpha value is -2.77. The zero-order chi connectivity index (χ0) is 21.9. The maximum absolute atomic E-state index is 12.4. The van der Waals surface area contributed by atoms with Gasteiger partial charge in [0.2, 0.25) is 0 Å². The summed E-state index contributed by atoms with van der Waals surface area (Å²) < 4.78 is 16.7. The Labute approximate surface area is 184 Å². The average Bonchev–Trinajstić information content (AvgIpc) is 2.79. The summed E-state index contributed by atoms with van der Waals surface area (Å²) in [5.74, 6) is 1.65. The molecule has 0 aromatic heterocycles. The van der Waals surface area contributed by atoms with Crippen molar-refractivity contribution in [3.05, 3.63) is 48.5 Å². The van der Waals surface area contributed by atoms with E-state index in [0.717, 1.165) is 67.0 Å². The number of carbonyl (C=O) groups is 1. The van der Waals surface area contributed by atoms with E-state index in [-0.39, 0.29) is 5.91 Å². The van der Waals surface area contributed by atoms with Crippen molar-refractivity contribution in [2.24, 2.45) is 0 Å². The van der Waals surface area contributed by atoms with Crippen LogP contribution in [0.2, 0.25) is 0 Å². The van der Waals surface area contributed by atoms with Gasteiger partial charge in [0.05, 0.1) is 26.9 Å². The summed E-state index contributed by atoms with van der Waals surface area (Å²) in [6.07, 6.45) is 0.987. The first-order chi connectivity index (χ1) is 15.1. The fourth-order valence-corrected chi connectivity index (χ4v) is 3.34.